The minimum Gasteiger partial charge on any atom is -0.508 e. The summed E-state index contributed by atoms with van der Waals surface area (Å²) in [5.74, 6) is 0.253. The number of phenolic OH excluding ortho intramolecular Hbond substituents is 1. The molecule has 0 saturated carbocycles. The smallest absolute Gasteiger partial charge is 0.115 e. The Labute approximate surface area is 102 Å². The largest absolute Gasteiger partial charge is 0.508 e. The number of aliphatic hydroxyl groups excluding tert-OH is 1. The fourth-order valence-electron chi connectivity index (χ4n) is 2.29. The van der Waals surface area contributed by atoms with E-state index in [1.807, 2.05) is 19.1 Å². The molecule has 2 rings (SSSR count). The summed E-state index contributed by atoms with van der Waals surface area (Å²) in [6.07, 6.45) is 3.18. The summed E-state index contributed by atoms with van der Waals surface area (Å²) in [5.41, 5.74) is 0.599. The van der Waals surface area contributed by atoms with E-state index in [4.69, 9.17) is 4.74 Å². The van der Waals surface area contributed by atoms with Gasteiger partial charge in [0.15, 0.2) is 0 Å². The normalized spacial score (nSPS) is 26.7. The molecule has 0 spiro atoms. The van der Waals surface area contributed by atoms with Crippen LogP contribution in [0, 0.1) is 0 Å². The first kappa shape index (κ1) is 12.4. The van der Waals surface area contributed by atoms with Gasteiger partial charge in [-0.05, 0) is 43.9 Å². The highest BCUT2D eigenvalue weighted by Gasteiger charge is 2.35. The SMILES string of the molecule is CC1(C(O)Cc2ccc(O)cc2)CCCCO1. The molecule has 0 radical (unpaired) electrons. The predicted molar refractivity (Wildman–Crippen MR) is 66.0 cm³/mol. The quantitative estimate of drug-likeness (QED) is 0.846. The van der Waals surface area contributed by atoms with Crippen molar-refractivity contribution in [1.82, 2.24) is 0 Å². The average Bonchev–Trinajstić information content (AvgIpc) is 2.33. The van der Waals surface area contributed by atoms with Crippen LogP contribution >= 0.6 is 0 Å². The molecular weight excluding hydrogens is 216 g/mol. The molecule has 1 aliphatic heterocycles. The molecule has 1 aliphatic rings. The fraction of sp³-hybridized carbons (Fsp3) is 0.571. The molecule has 2 unspecified atom stereocenters. The molecule has 0 aromatic heterocycles. The highest BCUT2D eigenvalue weighted by Crippen LogP contribution is 2.29. The third-order valence-corrected chi connectivity index (χ3v) is 3.57. The number of hydrogen-bond donors (Lipinski definition) is 2. The van der Waals surface area contributed by atoms with Crippen molar-refractivity contribution in [3.05, 3.63) is 29.8 Å². The third-order valence-electron chi connectivity index (χ3n) is 3.57. The summed E-state index contributed by atoms with van der Waals surface area (Å²) in [7, 11) is 0. The molecule has 0 bridgehead atoms. The Morgan fingerprint density at radius 1 is 1.29 bits per heavy atom. The van der Waals surface area contributed by atoms with Crippen LogP contribution in [0.25, 0.3) is 0 Å². The fourth-order valence-corrected chi connectivity index (χ4v) is 2.29. The van der Waals surface area contributed by atoms with Gasteiger partial charge in [-0.1, -0.05) is 12.1 Å². The Morgan fingerprint density at radius 3 is 2.59 bits per heavy atom. The van der Waals surface area contributed by atoms with E-state index in [0.29, 0.717) is 6.42 Å². The number of phenols is 1. The van der Waals surface area contributed by atoms with Gasteiger partial charge in [0.25, 0.3) is 0 Å². The number of aromatic hydroxyl groups is 1. The van der Waals surface area contributed by atoms with E-state index in [-0.39, 0.29) is 5.75 Å². The second kappa shape index (κ2) is 5.07. The molecule has 0 aliphatic carbocycles. The van der Waals surface area contributed by atoms with Crippen molar-refractivity contribution in [2.24, 2.45) is 0 Å². The number of rotatable bonds is 3. The van der Waals surface area contributed by atoms with Crippen LogP contribution in [0.15, 0.2) is 24.3 Å². The predicted octanol–water partition coefficient (Wildman–Crippen LogP) is 2.25. The van der Waals surface area contributed by atoms with Gasteiger partial charge in [-0.3, -0.25) is 0 Å². The number of benzene rings is 1. The highest BCUT2D eigenvalue weighted by molar-refractivity contribution is 5.26. The van der Waals surface area contributed by atoms with Crippen LogP contribution in [0.5, 0.6) is 5.75 Å². The summed E-state index contributed by atoms with van der Waals surface area (Å²) in [6, 6.07) is 6.97. The van der Waals surface area contributed by atoms with E-state index < -0.39 is 11.7 Å². The number of aliphatic hydroxyl groups is 1. The van der Waals surface area contributed by atoms with Crippen LogP contribution < -0.4 is 0 Å². The maximum absolute atomic E-state index is 10.3. The molecule has 1 aromatic rings. The van der Waals surface area contributed by atoms with Crippen LogP contribution in [0.3, 0.4) is 0 Å². The molecule has 1 fully saturated rings. The standard InChI is InChI=1S/C14H20O3/c1-14(8-2-3-9-17-14)13(16)10-11-4-6-12(15)7-5-11/h4-7,13,15-16H,2-3,8-10H2,1H3. The van der Waals surface area contributed by atoms with E-state index in [1.165, 1.54) is 0 Å². The molecule has 2 atom stereocenters. The van der Waals surface area contributed by atoms with E-state index in [2.05, 4.69) is 0 Å². The van der Waals surface area contributed by atoms with Gasteiger partial charge < -0.3 is 14.9 Å². The second-order valence-corrected chi connectivity index (χ2v) is 5.00. The Balaban J connectivity index is 2.00. The first-order valence-corrected chi connectivity index (χ1v) is 6.20. The van der Waals surface area contributed by atoms with Gasteiger partial charge in [0.2, 0.25) is 0 Å². The van der Waals surface area contributed by atoms with Crippen LogP contribution in [-0.2, 0) is 11.2 Å². The Morgan fingerprint density at radius 2 is 2.00 bits per heavy atom. The molecule has 2 N–H and O–H groups in total. The highest BCUT2D eigenvalue weighted by atomic mass is 16.5. The van der Waals surface area contributed by atoms with E-state index in [1.54, 1.807) is 12.1 Å². The van der Waals surface area contributed by atoms with Gasteiger partial charge in [-0.2, -0.15) is 0 Å². The maximum Gasteiger partial charge on any atom is 0.115 e. The van der Waals surface area contributed by atoms with Crippen LogP contribution in [0.2, 0.25) is 0 Å². The van der Waals surface area contributed by atoms with Crippen molar-refractivity contribution in [3.63, 3.8) is 0 Å². The summed E-state index contributed by atoms with van der Waals surface area (Å²) in [4.78, 5) is 0. The zero-order valence-electron chi connectivity index (χ0n) is 10.2. The molecule has 3 nitrogen and oxygen atoms in total. The molecule has 3 heteroatoms. The first-order valence-electron chi connectivity index (χ1n) is 6.20. The Bertz CT molecular complexity index is 352. The molecule has 1 aromatic carbocycles. The maximum atomic E-state index is 10.3. The summed E-state index contributed by atoms with van der Waals surface area (Å²) >= 11 is 0. The lowest BCUT2D eigenvalue weighted by Crippen LogP contribution is -2.45. The lowest BCUT2D eigenvalue weighted by Gasteiger charge is -2.38. The minimum absolute atomic E-state index is 0.253. The topological polar surface area (TPSA) is 49.7 Å². The van der Waals surface area contributed by atoms with Gasteiger partial charge in [0, 0.05) is 13.0 Å². The number of hydrogen-bond acceptors (Lipinski definition) is 3. The van der Waals surface area contributed by atoms with E-state index in [9.17, 15) is 10.2 Å². The average molecular weight is 236 g/mol. The van der Waals surface area contributed by atoms with Gasteiger partial charge in [-0.25, -0.2) is 0 Å². The van der Waals surface area contributed by atoms with Crippen LogP contribution in [0.4, 0.5) is 0 Å². The molecule has 1 heterocycles. The van der Waals surface area contributed by atoms with Crippen molar-refractivity contribution >= 4 is 0 Å². The van der Waals surface area contributed by atoms with Crippen molar-refractivity contribution < 1.29 is 14.9 Å². The summed E-state index contributed by atoms with van der Waals surface area (Å²) < 4.78 is 5.72. The zero-order valence-corrected chi connectivity index (χ0v) is 10.2. The Hall–Kier alpha value is -1.06. The monoisotopic (exact) mass is 236 g/mol. The summed E-state index contributed by atoms with van der Waals surface area (Å²) in [6.45, 7) is 2.72. The molecule has 94 valence electrons. The lowest BCUT2D eigenvalue weighted by molar-refractivity contribution is -0.135. The first-order chi connectivity index (χ1) is 8.10. The van der Waals surface area contributed by atoms with Crippen molar-refractivity contribution in [2.75, 3.05) is 6.61 Å². The van der Waals surface area contributed by atoms with Crippen LogP contribution in [0.1, 0.15) is 31.7 Å². The van der Waals surface area contributed by atoms with Crippen molar-refractivity contribution in [2.45, 2.75) is 44.3 Å². The molecule has 0 amide bonds. The zero-order chi connectivity index (χ0) is 12.3. The van der Waals surface area contributed by atoms with Gasteiger partial charge in [0.1, 0.15) is 5.75 Å². The minimum atomic E-state index is -0.493. The van der Waals surface area contributed by atoms with Gasteiger partial charge in [-0.15, -0.1) is 0 Å². The Kier molecular flexibility index (Phi) is 3.69. The van der Waals surface area contributed by atoms with E-state index in [0.717, 1.165) is 31.4 Å². The molecule has 17 heavy (non-hydrogen) atoms. The van der Waals surface area contributed by atoms with Gasteiger partial charge in [0.05, 0.1) is 11.7 Å². The molecule has 1 saturated heterocycles. The second-order valence-electron chi connectivity index (χ2n) is 5.00. The third kappa shape index (κ3) is 2.99. The summed E-state index contributed by atoms with van der Waals surface area (Å²) in [5, 5.41) is 19.5. The van der Waals surface area contributed by atoms with Gasteiger partial charge >= 0.3 is 0 Å². The van der Waals surface area contributed by atoms with E-state index >= 15 is 0 Å². The van der Waals surface area contributed by atoms with Crippen molar-refractivity contribution in [1.29, 1.82) is 0 Å². The lowest BCUT2D eigenvalue weighted by atomic mass is 9.87. The van der Waals surface area contributed by atoms with Crippen LogP contribution in [-0.4, -0.2) is 28.5 Å². The van der Waals surface area contributed by atoms with Crippen molar-refractivity contribution in [3.8, 4) is 5.75 Å². The number of ether oxygens (including phenoxy) is 1. The molecular formula is C14H20O3.